The van der Waals surface area contributed by atoms with Crippen molar-refractivity contribution in [1.29, 1.82) is 0 Å². The zero-order valence-electron chi connectivity index (χ0n) is 11.6. The smallest absolute Gasteiger partial charge is 0.261 e. The molecule has 110 valence electrons. The lowest BCUT2D eigenvalue weighted by molar-refractivity contribution is -0.138. The maximum Gasteiger partial charge on any atom is 0.261 e. The molecule has 0 bridgehead atoms. The Morgan fingerprint density at radius 3 is 3.10 bits per heavy atom. The minimum atomic E-state index is -0.0626. The highest BCUT2D eigenvalue weighted by atomic mass is 32.1. The lowest BCUT2D eigenvalue weighted by atomic mass is 10.2. The van der Waals surface area contributed by atoms with Gasteiger partial charge in [0, 0.05) is 26.1 Å². The number of carbonyl (C=O) groups excluding carboxylic acids is 2. The second-order valence-corrected chi connectivity index (χ2v) is 5.81. The van der Waals surface area contributed by atoms with Crippen LogP contribution in [-0.2, 0) is 9.53 Å². The van der Waals surface area contributed by atoms with Crippen LogP contribution in [0, 0.1) is 0 Å². The number of thiophene rings is 1. The molecule has 0 aromatic carbocycles. The lowest BCUT2D eigenvalue weighted by Gasteiger charge is -2.31. The van der Waals surface area contributed by atoms with Crippen molar-refractivity contribution in [2.75, 3.05) is 26.2 Å². The van der Waals surface area contributed by atoms with Gasteiger partial charge in [0.15, 0.2) is 0 Å². The standard InChI is InChI=1S/C14H20N2O3S/c1-11-10-16(7-8-19-11)13(17)5-2-6-15-14(18)12-4-3-9-20-12/h3-4,9,11H,2,5-8,10H2,1H3,(H,15,18). The molecular formula is C14H20N2O3S. The number of rotatable bonds is 5. The molecule has 1 saturated heterocycles. The molecule has 0 radical (unpaired) electrons. The monoisotopic (exact) mass is 296 g/mol. The fraction of sp³-hybridized carbons (Fsp3) is 0.571. The number of hydrogen-bond donors (Lipinski definition) is 1. The van der Waals surface area contributed by atoms with E-state index in [0.717, 1.165) is 0 Å². The number of amides is 2. The van der Waals surface area contributed by atoms with Crippen LogP contribution in [0.3, 0.4) is 0 Å². The van der Waals surface area contributed by atoms with Crippen molar-refractivity contribution in [3.63, 3.8) is 0 Å². The van der Waals surface area contributed by atoms with Crippen molar-refractivity contribution in [2.24, 2.45) is 0 Å². The summed E-state index contributed by atoms with van der Waals surface area (Å²) in [6, 6.07) is 3.64. The molecule has 1 N–H and O–H groups in total. The molecule has 0 saturated carbocycles. The average molecular weight is 296 g/mol. The number of nitrogens with zero attached hydrogens (tertiary/aromatic N) is 1. The summed E-state index contributed by atoms with van der Waals surface area (Å²) < 4.78 is 5.41. The number of hydrogen-bond acceptors (Lipinski definition) is 4. The molecule has 6 heteroatoms. The summed E-state index contributed by atoms with van der Waals surface area (Å²) >= 11 is 1.42. The fourth-order valence-corrected chi connectivity index (χ4v) is 2.78. The molecule has 0 aliphatic carbocycles. The molecule has 2 rings (SSSR count). The fourth-order valence-electron chi connectivity index (χ4n) is 2.14. The van der Waals surface area contributed by atoms with Gasteiger partial charge in [0.25, 0.3) is 5.91 Å². The molecule has 1 aromatic rings. The summed E-state index contributed by atoms with van der Waals surface area (Å²) in [7, 11) is 0. The van der Waals surface area contributed by atoms with E-state index in [4.69, 9.17) is 4.74 Å². The molecular weight excluding hydrogens is 276 g/mol. The van der Waals surface area contributed by atoms with Gasteiger partial charge in [-0.05, 0) is 24.8 Å². The van der Waals surface area contributed by atoms with Crippen LogP contribution in [0.5, 0.6) is 0 Å². The predicted molar refractivity (Wildman–Crippen MR) is 77.9 cm³/mol. The molecule has 5 nitrogen and oxygen atoms in total. The largest absolute Gasteiger partial charge is 0.375 e. The zero-order valence-corrected chi connectivity index (χ0v) is 12.4. The van der Waals surface area contributed by atoms with Crippen LogP contribution in [0.15, 0.2) is 17.5 Å². The first kappa shape index (κ1) is 15.0. The summed E-state index contributed by atoms with van der Waals surface area (Å²) in [6.07, 6.45) is 1.25. The molecule has 2 amide bonds. The van der Waals surface area contributed by atoms with Crippen LogP contribution in [0.1, 0.15) is 29.4 Å². The third kappa shape index (κ3) is 4.31. The number of nitrogens with one attached hydrogen (secondary N) is 1. The average Bonchev–Trinajstić information content (AvgIpc) is 2.97. The van der Waals surface area contributed by atoms with E-state index in [2.05, 4.69) is 5.32 Å². The van der Waals surface area contributed by atoms with Crippen LogP contribution < -0.4 is 5.32 Å². The van der Waals surface area contributed by atoms with Crippen molar-refractivity contribution in [2.45, 2.75) is 25.9 Å². The van der Waals surface area contributed by atoms with Crippen LogP contribution in [0.25, 0.3) is 0 Å². The molecule has 2 heterocycles. The van der Waals surface area contributed by atoms with Crippen LogP contribution in [0.2, 0.25) is 0 Å². The van der Waals surface area contributed by atoms with E-state index < -0.39 is 0 Å². The third-order valence-corrected chi connectivity index (χ3v) is 4.06. The Balaban J connectivity index is 1.63. The molecule has 1 aliphatic heterocycles. The molecule has 1 atom stereocenters. The Bertz CT molecular complexity index is 447. The molecule has 1 aliphatic rings. The highest BCUT2D eigenvalue weighted by molar-refractivity contribution is 7.12. The highest BCUT2D eigenvalue weighted by Gasteiger charge is 2.20. The van der Waals surface area contributed by atoms with Gasteiger partial charge >= 0.3 is 0 Å². The normalized spacial score (nSPS) is 18.9. The first-order chi connectivity index (χ1) is 9.66. The van der Waals surface area contributed by atoms with Gasteiger partial charge < -0.3 is 15.0 Å². The van der Waals surface area contributed by atoms with E-state index in [1.54, 1.807) is 6.07 Å². The van der Waals surface area contributed by atoms with E-state index in [1.807, 2.05) is 23.3 Å². The second-order valence-electron chi connectivity index (χ2n) is 4.86. The van der Waals surface area contributed by atoms with Crippen molar-refractivity contribution >= 4 is 23.2 Å². The third-order valence-electron chi connectivity index (χ3n) is 3.19. The summed E-state index contributed by atoms with van der Waals surface area (Å²) in [5.41, 5.74) is 0. The van der Waals surface area contributed by atoms with Crippen LogP contribution in [0.4, 0.5) is 0 Å². The summed E-state index contributed by atoms with van der Waals surface area (Å²) in [5.74, 6) is 0.0815. The summed E-state index contributed by atoms with van der Waals surface area (Å²) in [5, 5.41) is 4.70. The lowest BCUT2D eigenvalue weighted by Crippen LogP contribution is -2.44. The molecule has 20 heavy (non-hydrogen) atoms. The van der Waals surface area contributed by atoms with Crippen molar-refractivity contribution in [3.05, 3.63) is 22.4 Å². The Kier molecular flexibility index (Phi) is 5.55. The van der Waals surface area contributed by atoms with E-state index in [0.29, 0.717) is 44.0 Å². The molecule has 1 unspecified atom stereocenters. The van der Waals surface area contributed by atoms with E-state index in [1.165, 1.54) is 11.3 Å². The molecule has 1 aromatic heterocycles. The topological polar surface area (TPSA) is 58.6 Å². The Labute approximate surface area is 122 Å². The van der Waals surface area contributed by atoms with Gasteiger partial charge in [-0.3, -0.25) is 9.59 Å². The van der Waals surface area contributed by atoms with Gasteiger partial charge in [0.05, 0.1) is 17.6 Å². The second kappa shape index (κ2) is 7.40. The molecule has 1 fully saturated rings. The summed E-state index contributed by atoms with van der Waals surface area (Å²) in [4.78, 5) is 26.2. The maximum absolute atomic E-state index is 12.0. The minimum absolute atomic E-state index is 0.0626. The van der Waals surface area contributed by atoms with Crippen molar-refractivity contribution in [3.8, 4) is 0 Å². The highest BCUT2D eigenvalue weighted by Crippen LogP contribution is 2.09. The Morgan fingerprint density at radius 1 is 1.55 bits per heavy atom. The first-order valence-corrected chi connectivity index (χ1v) is 7.76. The van der Waals surface area contributed by atoms with Gasteiger partial charge in [-0.15, -0.1) is 11.3 Å². The van der Waals surface area contributed by atoms with Gasteiger partial charge in [0.2, 0.25) is 5.91 Å². The van der Waals surface area contributed by atoms with Gasteiger partial charge in [-0.2, -0.15) is 0 Å². The SMILES string of the molecule is CC1CN(C(=O)CCCNC(=O)c2cccs2)CCO1. The number of ether oxygens (including phenoxy) is 1. The summed E-state index contributed by atoms with van der Waals surface area (Å²) in [6.45, 7) is 4.45. The number of morpholine rings is 1. The number of carbonyl (C=O) groups is 2. The van der Waals surface area contributed by atoms with E-state index >= 15 is 0 Å². The molecule has 0 spiro atoms. The van der Waals surface area contributed by atoms with E-state index in [-0.39, 0.29) is 17.9 Å². The van der Waals surface area contributed by atoms with Crippen molar-refractivity contribution in [1.82, 2.24) is 10.2 Å². The van der Waals surface area contributed by atoms with Crippen LogP contribution >= 0.6 is 11.3 Å². The van der Waals surface area contributed by atoms with Crippen molar-refractivity contribution < 1.29 is 14.3 Å². The van der Waals surface area contributed by atoms with Crippen LogP contribution in [-0.4, -0.2) is 49.1 Å². The minimum Gasteiger partial charge on any atom is -0.375 e. The quantitative estimate of drug-likeness (QED) is 0.838. The van der Waals surface area contributed by atoms with E-state index in [9.17, 15) is 9.59 Å². The van der Waals surface area contributed by atoms with Gasteiger partial charge in [0.1, 0.15) is 0 Å². The predicted octanol–water partition coefficient (Wildman–Crippen LogP) is 1.51. The van der Waals surface area contributed by atoms with Gasteiger partial charge in [-0.1, -0.05) is 6.07 Å². The maximum atomic E-state index is 12.0. The van der Waals surface area contributed by atoms with Gasteiger partial charge in [-0.25, -0.2) is 0 Å². The Morgan fingerprint density at radius 2 is 2.40 bits per heavy atom. The zero-order chi connectivity index (χ0) is 14.4. The first-order valence-electron chi connectivity index (χ1n) is 6.88. The Hall–Kier alpha value is -1.40.